The first-order valence-electron chi connectivity index (χ1n) is 6.05. The molecule has 0 aliphatic heterocycles. The number of aryl methyl sites for hydroxylation is 1. The molecule has 5 nitrogen and oxygen atoms in total. The number of aromatic nitrogens is 1. The molecule has 7 heteroatoms. The molecule has 1 heterocycles. The molecule has 2 rings (SSSR count). The number of hydrogen-bond acceptors (Lipinski definition) is 4. The van der Waals surface area contributed by atoms with E-state index in [9.17, 15) is 8.42 Å². The minimum absolute atomic E-state index is 0.0854. The molecule has 1 aromatic carbocycles. The molecule has 20 heavy (non-hydrogen) atoms. The molecule has 0 saturated carbocycles. The van der Waals surface area contributed by atoms with Crippen molar-refractivity contribution in [3.8, 4) is 0 Å². The Balaban J connectivity index is 2.28. The molecule has 108 valence electrons. The number of sulfonamides is 1. The van der Waals surface area contributed by atoms with Crippen LogP contribution in [0.5, 0.6) is 0 Å². The van der Waals surface area contributed by atoms with E-state index in [1.165, 1.54) is 12.1 Å². The van der Waals surface area contributed by atoms with Gasteiger partial charge in [-0.05, 0) is 24.6 Å². The van der Waals surface area contributed by atoms with Gasteiger partial charge in [0.15, 0.2) is 5.82 Å². The highest BCUT2D eigenvalue weighted by Crippen LogP contribution is 2.23. The summed E-state index contributed by atoms with van der Waals surface area (Å²) in [5.41, 5.74) is 0.814. The molecule has 2 aromatic rings. The van der Waals surface area contributed by atoms with Crippen LogP contribution in [0.4, 0.5) is 5.82 Å². The number of nitrogens with one attached hydrogen (secondary N) is 1. The summed E-state index contributed by atoms with van der Waals surface area (Å²) in [5.74, 6) is 0.907. The van der Waals surface area contributed by atoms with Crippen LogP contribution in [0.1, 0.15) is 31.1 Å². The highest BCUT2D eigenvalue weighted by atomic mass is 35.5. The second-order valence-corrected chi connectivity index (χ2v) is 6.88. The molecule has 0 amide bonds. The SMILES string of the molecule is Cc1ccc(S(=O)(=O)Nc2cc(C(C)C)on2)cc1Cl. The summed E-state index contributed by atoms with van der Waals surface area (Å²) in [5, 5.41) is 4.09. The van der Waals surface area contributed by atoms with E-state index in [1.54, 1.807) is 19.1 Å². The molecule has 0 bridgehead atoms. The number of anilines is 1. The molecular formula is C13H15ClN2O3S. The molecule has 0 unspecified atom stereocenters. The monoisotopic (exact) mass is 314 g/mol. The van der Waals surface area contributed by atoms with Crippen molar-refractivity contribution in [2.24, 2.45) is 0 Å². The molecule has 0 atom stereocenters. The third-order valence-electron chi connectivity index (χ3n) is 2.79. The average Bonchev–Trinajstić information content (AvgIpc) is 2.80. The minimum atomic E-state index is -3.72. The van der Waals surface area contributed by atoms with Gasteiger partial charge in [0.05, 0.1) is 4.90 Å². The maximum absolute atomic E-state index is 12.2. The maximum atomic E-state index is 12.2. The maximum Gasteiger partial charge on any atom is 0.263 e. The highest BCUT2D eigenvalue weighted by molar-refractivity contribution is 7.92. The number of hydrogen-bond donors (Lipinski definition) is 1. The quantitative estimate of drug-likeness (QED) is 0.936. The normalized spacial score (nSPS) is 11.8. The summed E-state index contributed by atoms with van der Waals surface area (Å²) >= 11 is 5.94. The summed E-state index contributed by atoms with van der Waals surface area (Å²) in [6, 6.07) is 6.12. The Bertz CT molecular complexity index is 723. The molecule has 0 fully saturated rings. The first-order valence-corrected chi connectivity index (χ1v) is 7.91. The fraction of sp³-hybridized carbons (Fsp3) is 0.308. The van der Waals surface area contributed by atoms with E-state index in [-0.39, 0.29) is 16.6 Å². The lowest BCUT2D eigenvalue weighted by Crippen LogP contribution is -2.13. The van der Waals surface area contributed by atoms with Crippen molar-refractivity contribution in [1.29, 1.82) is 0 Å². The molecule has 0 aliphatic carbocycles. The Morgan fingerprint density at radius 2 is 2.00 bits per heavy atom. The van der Waals surface area contributed by atoms with Crippen LogP contribution in [0.25, 0.3) is 0 Å². The number of halogens is 1. The molecule has 1 aromatic heterocycles. The van der Waals surface area contributed by atoms with Crippen LogP contribution in [0.2, 0.25) is 5.02 Å². The van der Waals surface area contributed by atoms with Crippen molar-refractivity contribution in [2.45, 2.75) is 31.6 Å². The Labute approximate surface area is 123 Å². The fourth-order valence-corrected chi connectivity index (χ4v) is 2.80. The first-order chi connectivity index (χ1) is 9.29. The van der Waals surface area contributed by atoms with Gasteiger partial charge in [0.2, 0.25) is 0 Å². The van der Waals surface area contributed by atoms with Crippen molar-refractivity contribution < 1.29 is 12.9 Å². The molecule has 0 saturated heterocycles. The van der Waals surface area contributed by atoms with E-state index >= 15 is 0 Å². The van der Waals surface area contributed by atoms with Crippen LogP contribution in [0, 0.1) is 6.92 Å². The van der Waals surface area contributed by atoms with Gasteiger partial charge in [-0.1, -0.05) is 36.7 Å². The minimum Gasteiger partial charge on any atom is -0.359 e. The van der Waals surface area contributed by atoms with Crippen LogP contribution in [-0.2, 0) is 10.0 Å². The van der Waals surface area contributed by atoms with Gasteiger partial charge in [0, 0.05) is 17.0 Å². The molecule has 1 N–H and O–H groups in total. The summed E-state index contributed by atoms with van der Waals surface area (Å²) < 4.78 is 31.8. The highest BCUT2D eigenvalue weighted by Gasteiger charge is 2.18. The molecular weight excluding hydrogens is 300 g/mol. The van der Waals surface area contributed by atoms with E-state index in [4.69, 9.17) is 16.1 Å². The second kappa shape index (κ2) is 5.46. The summed E-state index contributed by atoms with van der Waals surface area (Å²) in [7, 11) is -3.72. The third-order valence-corrected chi connectivity index (χ3v) is 4.55. The first kappa shape index (κ1) is 14.9. The van der Waals surface area contributed by atoms with Crippen LogP contribution >= 0.6 is 11.6 Å². The summed E-state index contributed by atoms with van der Waals surface area (Å²) in [4.78, 5) is 0.0854. The fourth-order valence-electron chi connectivity index (χ4n) is 1.55. The average molecular weight is 315 g/mol. The second-order valence-electron chi connectivity index (χ2n) is 4.79. The summed E-state index contributed by atoms with van der Waals surface area (Å²) in [6.45, 7) is 5.66. The number of benzene rings is 1. The zero-order valence-electron chi connectivity index (χ0n) is 11.3. The Kier molecular flexibility index (Phi) is 4.06. The van der Waals surface area contributed by atoms with Crippen LogP contribution in [-0.4, -0.2) is 13.6 Å². The van der Waals surface area contributed by atoms with Gasteiger partial charge in [0.1, 0.15) is 5.76 Å². The van der Waals surface area contributed by atoms with Gasteiger partial charge in [-0.3, -0.25) is 4.72 Å². The Hall–Kier alpha value is -1.53. The smallest absolute Gasteiger partial charge is 0.263 e. The lowest BCUT2D eigenvalue weighted by Gasteiger charge is -2.06. The van der Waals surface area contributed by atoms with Crippen molar-refractivity contribution in [3.05, 3.63) is 40.6 Å². The molecule has 0 aliphatic rings. The van der Waals surface area contributed by atoms with Gasteiger partial charge < -0.3 is 4.52 Å². The van der Waals surface area contributed by atoms with Crippen molar-refractivity contribution in [3.63, 3.8) is 0 Å². The van der Waals surface area contributed by atoms with Crippen LogP contribution in [0.15, 0.2) is 33.7 Å². The van der Waals surface area contributed by atoms with Crippen LogP contribution < -0.4 is 4.72 Å². The van der Waals surface area contributed by atoms with E-state index < -0.39 is 10.0 Å². The zero-order chi connectivity index (χ0) is 14.9. The number of rotatable bonds is 4. The Morgan fingerprint density at radius 3 is 2.55 bits per heavy atom. The third kappa shape index (κ3) is 3.13. The van der Waals surface area contributed by atoms with Gasteiger partial charge in [-0.2, -0.15) is 0 Å². The topological polar surface area (TPSA) is 72.2 Å². The van der Waals surface area contributed by atoms with E-state index in [0.717, 1.165) is 5.56 Å². The van der Waals surface area contributed by atoms with E-state index in [2.05, 4.69) is 9.88 Å². The van der Waals surface area contributed by atoms with Crippen LogP contribution in [0.3, 0.4) is 0 Å². The molecule has 0 spiro atoms. The van der Waals surface area contributed by atoms with Crippen molar-refractivity contribution in [1.82, 2.24) is 5.16 Å². The van der Waals surface area contributed by atoms with Gasteiger partial charge in [-0.15, -0.1) is 0 Å². The van der Waals surface area contributed by atoms with Gasteiger partial charge in [-0.25, -0.2) is 8.42 Å². The van der Waals surface area contributed by atoms with Crippen molar-refractivity contribution >= 4 is 27.4 Å². The van der Waals surface area contributed by atoms with E-state index in [0.29, 0.717) is 10.8 Å². The molecule has 0 radical (unpaired) electrons. The van der Waals surface area contributed by atoms with Crippen molar-refractivity contribution in [2.75, 3.05) is 4.72 Å². The predicted molar refractivity (Wildman–Crippen MR) is 77.6 cm³/mol. The lowest BCUT2D eigenvalue weighted by atomic mass is 10.2. The standard InChI is InChI=1S/C13H15ClN2O3S/c1-8(2)12-7-13(15-19-12)16-20(17,18)10-5-4-9(3)11(14)6-10/h4-8H,1-3H3,(H,15,16). The van der Waals surface area contributed by atoms with Gasteiger partial charge >= 0.3 is 0 Å². The van der Waals surface area contributed by atoms with E-state index in [1.807, 2.05) is 13.8 Å². The zero-order valence-corrected chi connectivity index (χ0v) is 12.9. The predicted octanol–water partition coefficient (Wildman–Crippen LogP) is 3.56. The lowest BCUT2D eigenvalue weighted by molar-refractivity contribution is 0.373. The number of nitrogens with zero attached hydrogens (tertiary/aromatic N) is 1. The summed E-state index contributed by atoms with van der Waals surface area (Å²) in [6.07, 6.45) is 0. The largest absolute Gasteiger partial charge is 0.359 e. The Morgan fingerprint density at radius 1 is 1.30 bits per heavy atom. The van der Waals surface area contributed by atoms with Gasteiger partial charge in [0.25, 0.3) is 10.0 Å².